The molecule has 17 heavy (non-hydrogen) atoms. The van der Waals surface area contributed by atoms with Gasteiger partial charge in [-0.3, -0.25) is 0 Å². The van der Waals surface area contributed by atoms with E-state index < -0.39 is 0 Å². The minimum absolute atomic E-state index is 1.01. The summed E-state index contributed by atoms with van der Waals surface area (Å²) in [6, 6.07) is 0. The van der Waals surface area contributed by atoms with Crippen LogP contribution in [-0.4, -0.2) is 13.1 Å². The first-order valence-electron chi connectivity index (χ1n) is 7.55. The predicted octanol–water partition coefficient (Wildman–Crippen LogP) is 5.42. The molecule has 0 aromatic rings. The van der Waals surface area contributed by atoms with Gasteiger partial charge in [0.25, 0.3) is 0 Å². The fourth-order valence-corrected chi connectivity index (χ4v) is 1.70. The first kappa shape index (κ1) is 21.9. The Balaban J connectivity index is -0.000000239. The van der Waals surface area contributed by atoms with Crippen LogP contribution in [0.15, 0.2) is 13.2 Å². The lowest BCUT2D eigenvalue weighted by molar-refractivity contribution is 0.489. The lowest BCUT2D eigenvalue weighted by Crippen LogP contribution is -2.21. The molecule has 0 radical (unpaired) electrons. The van der Waals surface area contributed by atoms with Crippen LogP contribution in [0.2, 0.25) is 0 Å². The fourth-order valence-electron chi connectivity index (χ4n) is 1.70. The Hall–Kier alpha value is -0.300. The summed E-state index contributed by atoms with van der Waals surface area (Å²) >= 11 is 0. The van der Waals surface area contributed by atoms with Gasteiger partial charge >= 0.3 is 0 Å². The van der Waals surface area contributed by atoms with E-state index in [1.165, 1.54) is 51.6 Å². The van der Waals surface area contributed by atoms with Crippen molar-refractivity contribution in [2.75, 3.05) is 13.1 Å². The second kappa shape index (κ2) is 24.8. The van der Waals surface area contributed by atoms with Gasteiger partial charge in [-0.2, -0.15) is 0 Å². The molecule has 1 aliphatic carbocycles. The van der Waals surface area contributed by atoms with E-state index in [4.69, 9.17) is 0 Å². The second-order valence-corrected chi connectivity index (χ2v) is 4.06. The molecule has 1 nitrogen and oxygen atoms in total. The maximum Gasteiger partial charge on any atom is -0.00205 e. The van der Waals surface area contributed by atoms with Gasteiger partial charge in [-0.05, 0) is 38.3 Å². The zero-order valence-electron chi connectivity index (χ0n) is 13.1. The SMILES string of the molecule is C=C.CC.CCC.CCCNCC1CCCC1. The van der Waals surface area contributed by atoms with Crippen LogP contribution in [0.5, 0.6) is 0 Å². The summed E-state index contributed by atoms with van der Waals surface area (Å²) in [6.07, 6.45) is 8.40. The zero-order chi connectivity index (χ0) is 13.9. The first-order chi connectivity index (χ1) is 8.35. The van der Waals surface area contributed by atoms with Crippen molar-refractivity contribution in [2.24, 2.45) is 5.92 Å². The van der Waals surface area contributed by atoms with Crippen molar-refractivity contribution in [3.8, 4) is 0 Å². The average Bonchev–Trinajstić information content (AvgIpc) is 2.89. The van der Waals surface area contributed by atoms with E-state index in [0.29, 0.717) is 0 Å². The van der Waals surface area contributed by atoms with Crippen molar-refractivity contribution in [1.82, 2.24) is 5.32 Å². The molecule has 0 aromatic carbocycles. The topological polar surface area (TPSA) is 12.0 Å². The van der Waals surface area contributed by atoms with Gasteiger partial charge in [-0.1, -0.05) is 53.9 Å². The zero-order valence-corrected chi connectivity index (χ0v) is 13.1. The summed E-state index contributed by atoms with van der Waals surface area (Å²) in [4.78, 5) is 0. The first-order valence-corrected chi connectivity index (χ1v) is 7.55. The molecule has 0 aliphatic heterocycles. The van der Waals surface area contributed by atoms with Gasteiger partial charge in [0.1, 0.15) is 0 Å². The highest BCUT2D eigenvalue weighted by molar-refractivity contribution is 4.68. The number of nitrogens with one attached hydrogen (secondary N) is 1. The molecule has 0 amide bonds. The van der Waals surface area contributed by atoms with Crippen LogP contribution in [0.1, 0.15) is 73.1 Å². The molecule has 1 aliphatic rings. The van der Waals surface area contributed by atoms with Gasteiger partial charge in [0.05, 0.1) is 0 Å². The third kappa shape index (κ3) is 21.5. The maximum absolute atomic E-state index is 3.48. The molecular weight excluding hydrogens is 206 g/mol. The number of rotatable bonds is 4. The molecule has 106 valence electrons. The van der Waals surface area contributed by atoms with Crippen molar-refractivity contribution in [2.45, 2.75) is 73.1 Å². The van der Waals surface area contributed by atoms with Crippen LogP contribution in [0.3, 0.4) is 0 Å². The van der Waals surface area contributed by atoms with Crippen LogP contribution < -0.4 is 5.32 Å². The van der Waals surface area contributed by atoms with Gasteiger partial charge in [-0.25, -0.2) is 0 Å². The van der Waals surface area contributed by atoms with Gasteiger partial charge in [-0.15, -0.1) is 13.2 Å². The summed E-state index contributed by atoms with van der Waals surface area (Å²) < 4.78 is 0. The molecule has 0 spiro atoms. The Morgan fingerprint density at radius 2 is 1.41 bits per heavy atom. The van der Waals surface area contributed by atoms with E-state index in [2.05, 4.69) is 39.2 Å². The second-order valence-electron chi connectivity index (χ2n) is 4.06. The molecule has 1 rings (SSSR count). The van der Waals surface area contributed by atoms with Gasteiger partial charge in [0, 0.05) is 0 Å². The van der Waals surface area contributed by atoms with Crippen molar-refractivity contribution >= 4 is 0 Å². The largest absolute Gasteiger partial charge is 0.316 e. The molecular formula is C16H37N. The summed E-state index contributed by atoms with van der Waals surface area (Å²) in [5, 5.41) is 3.48. The van der Waals surface area contributed by atoms with Gasteiger partial charge in [0.2, 0.25) is 0 Å². The van der Waals surface area contributed by atoms with E-state index in [9.17, 15) is 0 Å². The molecule has 1 saturated carbocycles. The molecule has 0 bridgehead atoms. The molecule has 1 heteroatoms. The van der Waals surface area contributed by atoms with Crippen molar-refractivity contribution in [3.05, 3.63) is 13.2 Å². The quantitative estimate of drug-likeness (QED) is 0.513. The van der Waals surface area contributed by atoms with Crippen molar-refractivity contribution in [3.63, 3.8) is 0 Å². The van der Waals surface area contributed by atoms with Gasteiger partial charge < -0.3 is 5.32 Å². The van der Waals surface area contributed by atoms with Crippen LogP contribution in [-0.2, 0) is 0 Å². The predicted molar refractivity (Wildman–Crippen MR) is 83.7 cm³/mol. The van der Waals surface area contributed by atoms with E-state index in [1.54, 1.807) is 0 Å². The minimum Gasteiger partial charge on any atom is -0.316 e. The Bertz CT molecular complexity index is 95.7. The Kier molecular flexibility index (Phi) is 32.0. The molecule has 0 atom stereocenters. The van der Waals surface area contributed by atoms with Crippen LogP contribution in [0.4, 0.5) is 0 Å². The summed E-state index contributed by atoms with van der Waals surface area (Å²) in [5.41, 5.74) is 0. The normalized spacial score (nSPS) is 13.5. The average molecular weight is 243 g/mol. The van der Waals surface area contributed by atoms with Crippen molar-refractivity contribution in [1.29, 1.82) is 0 Å². The van der Waals surface area contributed by atoms with Gasteiger partial charge in [0.15, 0.2) is 0 Å². The molecule has 1 N–H and O–H groups in total. The lowest BCUT2D eigenvalue weighted by atomic mass is 10.1. The Labute approximate surface area is 111 Å². The highest BCUT2D eigenvalue weighted by Gasteiger charge is 2.13. The summed E-state index contributed by atoms with van der Waals surface area (Å²) in [7, 11) is 0. The summed E-state index contributed by atoms with van der Waals surface area (Å²) in [6.45, 7) is 19.0. The molecule has 0 saturated heterocycles. The monoisotopic (exact) mass is 243 g/mol. The van der Waals surface area contributed by atoms with E-state index >= 15 is 0 Å². The lowest BCUT2D eigenvalue weighted by Gasteiger charge is -2.08. The fraction of sp³-hybridized carbons (Fsp3) is 0.875. The summed E-state index contributed by atoms with van der Waals surface area (Å²) in [5.74, 6) is 1.01. The van der Waals surface area contributed by atoms with E-state index in [0.717, 1.165) is 5.92 Å². The van der Waals surface area contributed by atoms with Crippen molar-refractivity contribution < 1.29 is 0 Å². The van der Waals surface area contributed by atoms with Crippen LogP contribution >= 0.6 is 0 Å². The Morgan fingerprint density at radius 1 is 1.00 bits per heavy atom. The molecule has 0 aromatic heterocycles. The molecule has 0 unspecified atom stereocenters. The Morgan fingerprint density at radius 3 is 1.76 bits per heavy atom. The minimum atomic E-state index is 1.01. The highest BCUT2D eigenvalue weighted by atomic mass is 14.8. The smallest absolute Gasteiger partial charge is 0.00205 e. The number of hydrogen-bond donors (Lipinski definition) is 1. The molecule has 1 fully saturated rings. The van der Waals surface area contributed by atoms with Crippen LogP contribution in [0.25, 0.3) is 0 Å². The van der Waals surface area contributed by atoms with E-state index in [-0.39, 0.29) is 0 Å². The van der Waals surface area contributed by atoms with Crippen LogP contribution in [0, 0.1) is 5.92 Å². The highest BCUT2D eigenvalue weighted by Crippen LogP contribution is 2.23. The van der Waals surface area contributed by atoms with E-state index in [1.807, 2.05) is 13.8 Å². The maximum atomic E-state index is 3.48. The standard InChI is InChI=1S/C9H19N.C3H8.C2H6.C2H4/c1-2-7-10-8-9-5-3-4-6-9;1-3-2;2*1-2/h9-10H,2-8H2,1H3;3H2,1-2H3;1-2H3;1-2H2. The number of hydrogen-bond acceptors (Lipinski definition) is 1. The molecule has 0 heterocycles. The third-order valence-electron chi connectivity index (χ3n) is 2.33. The third-order valence-corrected chi connectivity index (χ3v) is 2.33.